The van der Waals surface area contributed by atoms with Crippen LogP contribution in [0.1, 0.15) is 24.0 Å². The zero-order valence-corrected chi connectivity index (χ0v) is 27.6. The molecule has 0 saturated heterocycles. The third-order valence-corrected chi connectivity index (χ3v) is 11.2. The molecule has 0 bridgehead atoms. The molecule has 0 aromatic heterocycles. The Bertz CT molecular complexity index is 2970. The summed E-state index contributed by atoms with van der Waals surface area (Å²) in [5.41, 5.74) is 13.3. The molecule has 50 heavy (non-hydrogen) atoms. The van der Waals surface area contributed by atoms with Gasteiger partial charge in [0, 0.05) is 0 Å². The summed E-state index contributed by atoms with van der Waals surface area (Å²) in [6.07, 6.45) is 6.91. The number of benzene rings is 9. The second kappa shape index (κ2) is 10.6. The Kier molecular flexibility index (Phi) is 5.89. The zero-order valence-electron chi connectivity index (χ0n) is 27.6. The molecule has 9 aromatic carbocycles. The molecule has 9 aromatic rings. The van der Waals surface area contributed by atoms with E-state index in [9.17, 15) is 0 Å². The molecule has 0 aliphatic heterocycles. The molecule has 2 aliphatic carbocycles. The molecule has 0 heteroatoms. The molecule has 11 rings (SSSR count). The summed E-state index contributed by atoms with van der Waals surface area (Å²) in [6.45, 7) is 0. The van der Waals surface area contributed by atoms with Crippen LogP contribution in [-0.4, -0.2) is 0 Å². The summed E-state index contributed by atoms with van der Waals surface area (Å²) in [5.74, 6) is 0. The highest BCUT2D eigenvalue weighted by molar-refractivity contribution is 6.24. The van der Waals surface area contributed by atoms with Crippen molar-refractivity contribution in [3.05, 3.63) is 181 Å². The fourth-order valence-corrected chi connectivity index (χ4v) is 8.99. The van der Waals surface area contributed by atoms with Crippen molar-refractivity contribution in [2.24, 2.45) is 0 Å². The average molecular weight is 633 g/mol. The van der Waals surface area contributed by atoms with Gasteiger partial charge in [-0.25, -0.2) is 0 Å². The molecule has 0 N–H and O–H groups in total. The second-order valence-electron chi connectivity index (χ2n) is 13.9. The molecule has 0 fully saturated rings. The SMILES string of the molecule is C1=CC2=C(CC1)c1cccc3c(-c4ccc5c(-c6ccc7ccccc7c6)c6ccccc6c(-c6ccc7ccccc7c6)c5c4)ccc2c13. The van der Waals surface area contributed by atoms with Crippen molar-refractivity contribution in [3.63, 3.8) is 0 Å². The number of hydrogen-bond donors (Lipinski definition) is 0. The van der Waals surface area contributed by atoms with E-state index in [1.807, 2.05) is 0 Å². The Labute approximate surface area is 291 Å². The molecule has 0 spiro atoms. The lowest BCUT2D eigenvalue weighted by molar-refractivity contribution is 1.06. The van der Waals surface area contributed by atoms with Crippen molar-refractivity contribution in [3.8, 4) is 33.4 Å². The lowest BCUT2D eigenvalue weighted by atomic mass is 9.83. The van der Waals surface area contributed by atoms with Gasteiger partial charge in [-0.15, -0.1) is 0 Å². The van der Waals surface area contributed by atoms with E-state index < -0.39 is 0 Å². The summed E-state index contributed by atoms with van der Waals surface area (Å²) in [7, 11) is 0. The smallest absolute Gasteiger partial charge is 0.00235 e. The van der Waals surface area contributed by atoms with Gasteiger partial charge in [0.05, 0.1) is 0 Å². The predicted octanol–water partition coefficient (Wildman–Crippen LogP) is 14.0. The number of rotatable bonds is 3. The highest BCUT2D eigenvalue weighted by Crippen LogP contribution is 2.50. The largest absolute Gasteiger partial charge is 0.0836 e. The molecule has 0 atom stereocenters. The quantitative estimate of drug-likeness (QED) is 0.170. The molecule has 0 heterocycles. The summed E-state index contributed by atoms with van der Waals surface area (Å²) in [5, 5.41) is 12.9. The van der Waals surface area contributed by atoms with E-state index in [-0.39, 0.29) is 0 Å². The molecular weight excluding hydrogens is 601 g/mol. The van der Waals surface area contributed by atoms with Gasteiger partial charge in [-0.2, -0.15) is 0 Å². The lowest BCUT2D eigenvalue weighted by Crippen LogP contribution is -1.92. The first kappa shape index (κ1) is 27.7. The van der Waals surface area contributed by atoms with Crippen LogP contribution in [0, 0.1) is 0 Å². The molecule has 232 valence electrons. The van der Waals surface area contributed by atoms with E-state index in [1.54, 1.807) is 0 Å². The van der Waals surface area contributed by atoms with Crippen molar-refractivity contribution in [2.75, 3.05) is 0 Å². The Morgan fingerprint density at radius 3 is 1.66 bits per heavy atom. The minimum absolute atomic E-state index is 1.12. The highest BCUT2D eigenvalue weighted by Gasteiger charge is 2.25. The second-order valence-corrected chi connectivity index (χ2v) is 13.9. The topological polar surface area (TPSA) is 0 Å². The Morgan fingerprint density at radius 2 is 0.940 bits per heavy atom. The molecule has 0 unspecified atom stereocenters. The first-order chi connectivity index (χ1) is 24.8. The van der Waals surface area contributed by atoms with Crippen LogP contribution in [0.3, 0.4) is 0 Å². The number of allylic oxidation sites excluding steroid dienone is 4. The van der Waals surface area contributed by atoms with Crippen LogP contribution >= 0.6 is 0 Å². The first-order valence-corrected chi connectivity index (χ1v) is 17.7. The summed E-state index contributed by atoms with van der Waals surface area (Å²) < 4.78 is 0. The van der Waals surface area contributed by atoms with Gasteiger partial charge in [0.25, 0.3) is 0 Å². The Morgan fingerprint density at radius 1 is 0.360 bits per heavy atom. The fraction of sp³-hybridized carbons (Fsp3) is 0.0400. The first-order valence-electron chi connectivity index (χ1n) is 17.7. The van der Waals surface area contributed by atoms with E-state index >= 15 is 0 Å². The van der Waals surface area contributed by atoms with Crippen LogP contribution in [0.2, 0.25) is 0 Å². The van der Waals surface area contributed by atoms with Gasteiger partial charge >= 0.3 is 0 Å². The maximum absolute atomic E-state index is 2.48. The summed E-state index contributed by atoms with van der Waals surface area (Å²) in [4.78, 5) is 0. The fourth-order valence-electron chi connectivity index (χ4n) is 8.99. The molecule has 0 amide bonds. The number of hydrogen-bond acceptors (Lipinski definition) is 0. The van der Waals surface area contributed by atoms with E-state index in [0.717, 1.165) is 12.8 Å². The minimum Gasteiger partial charge on any atom is -0.0836 e. The molecule has 2 aliphatic rings. The minimum atomic E-state index is 1.12. The summed E-state index contributed by atoms with van der Waals surface area (Å²) in [6, 6.07) is 59.2. The Balaban J connectivity index is 1.23. The third-order valence-electron chi connectivity index (χ3n) is 11.2. The lowest BCUT2D eigenvalue weighted by Gasteiger charge is -2.20. The number of fused-ring (bicyclic) bond motifs is 6. The van der Waals surface area contributed by atoms with Crippen LogP contribution in [0.4, 0.5) is 0 Å². The van der Waals surface area contributed by atoms with Crippen LogP contribution in [0.25, 0.3) is 98.4 Å². The average Bonchev–Trinajstić information content (AvgIpc) is 3.51. The van der Waals surface area contributed by atoms with Gasteiger partial charge in [0.1, 0.15) is 0 Å². The van der Waals surface area contributed by atoms with Gasteiger partial charge in [-0.05, 0) is 141 Å². The molecule has 0 saturated carbocycles. The van der Waals surface area contributed by atoms with Gasteiger partial charge < -0.3 is 0 Å². The highest BCUT2D eigenvalue weighted by atomic mass is 14.3. The van der Waals surface area contributed by atoms with Gasteiger partial charge in [-0.1, -0.05) is 152 Å². The van der Waals surface area contributed by atoms with Crippen molar-refractivity contribution in [1.82, 2.24) is 0 Å². The van der Waals surface area contributed by atoms with Crippen LogP contribution in [-0.2, 0) is 0 Å². The van der Waals surface area contributed by atoms with Crippen LogP contribution < -0.4 is 0 Å². The maximum atomic E-state index is 2.48. The van der Waals surface area contributed by atoms with E-state index in [2.05, 4.69) is 170 Å². The zero-order chi connectivity index (χ0) is 32.8. The van der Waals surface area contributed by atoms with Crippen molar-refractivity contribution in [2.45, 2.75) is 12.8 Å². The molecule has 0 radical (unpaired) electrons. The van der Waals surface area contributed by atoms with Crippen molar-refractivity contribution in [1.29, 1.82) is 0 Å². The molecular formula is C50H32. The van der Waals surface area contributed by atoms with E-state index in [4.69, 9.17) is 0 Å². The molecule has 0 nitrogen and oxygen atoms in total. The van der Waals surface area contributed by atoms with Gasteiger partial charge in [0.15, 0.2) is 0 Å². The van der Waals surface area contributed by atoms with Gasteiger partial charge in [0.2, 0.25) is 0 Å². The predicted molar refractivity (Wildman–Crippen MR) is 215 cm³/mol. The monoisotopic (exact) mass is 632 g/mol. The van der Waals surface area contributed by atoms with Crippen LogP contribution in [0.15, 0.2) is 170 Å². The van der Waals surface area contributed by atoms with Gasteiger partial charge in [-0.3, -0.25) is 0 Å². The van der Waals surface area contributed by atoms with Crippen molar-refractivity contribution >= 4 is 65.0 Å². The normalized spacial score (nSPS) is 13.7. The van der Waals surface area contributed by atoms with E-state index in [0.29, 0.717) is 0 Å². The Hall–Kier alpha value is -6.24. The van der Waals surface area contributed by atoms with Crippen LogP contribution in [0.5, 0.6) is 0 Å². The van der Waals surface area contributed by atoms with Crippen molar-refractivity contribution < 1.29 is 0 Å². The maximum Gasteiger partial charge on any atom is -0.00235 e. The summed E-state index contributed by atoms with van der Waals surface area (Å²) >= 11 is 0. The third kappa shape index (κ3) is 4.00. The standard InChI is InChI=1S/C50H32/c1-3-12-33-28-36(22-20-31(33)10-1)48-43-16-7-8-17-44(43)49(37-23-21-32-11-2-4-13-34(32)29-37)47-30-35(24-25-46(47)48)38-26-27-45-40-15-6-5-14-39(40)42-19-9-18-41(38)50(42)45/h1-4,6-13,15-30H,5,14H2. The van der Waals surface area contributed by atoms with E-state index in [1.165, 1.54) is 110 Å².